The van der Waals surface area contributed by atoms with Crippen LogP contribution in [0, 0.1) is 31.4 Å². The highest BCUT2D eigenvalue weighted by Crippen LogP contribution is 2.27. The van der Waals surface area contributed by atoms with Crippen LogP contribution in [0.25, 0.3) is 11.5 Å². The summed E-state index contributed by atoms with van der Waals surface area (Å²) < 4.78 is 38.1. The Morgan fingerprint density at radius 1 is 1.14 bits per heavy atom. The highest BCUT2D eigenvalue weighted by molar-refractivity contribution is 5.54. The Labute approximate surface area is 161 Å². The molecule has 0 aliphatic carbocycles. The van der Waals surface area contributed by atoms with E-state index in [1.54, 1.807) is 13.8 Å². The van der Waals surface area contributed by atoms with Crippen LogP contribution in [0.15, 0.2) is 27.1 Å². The summed E-state index contributed by atoms with van der Waals surface area (Å²) in [5.74, 6) is 0.796. The lowest BCUT2D eigenvalue weighted by atomic mass is 9.93. The van der Waals surface area contributed by atoms with E-state index in [0.29, 0.717) is 24.1 Å². The minimum Gasteiger partial charge on any atom is -0.441 e. The normalized spacial score (nSPS) is 16.0. The molecule has 0 amide bonds. The van der Waals surface area contributed by atoms with Crippen molar-refractivity contribution >= 4 is 0 Å². The smallest absolute Gasteiger partial charge is 0.229 e. The standard InChI is InChI=1S/C20H22F2N4O2/c1-12-17(24-20(27-12)15-4-3-5-16(21)19(15)22)11-26-8-6-14(7-9-26)10-18-23-13(2)28-25-18/h3-5,14H,6-11H2,1-2H3. The maximum atomic E-state index is 14.0. The van der Waals surface area contributed by atoms with Crippen molar-refractivity contribution in [3.63, 3.8) is 0 Å². The lowest BCUT2D eigenvalue weighted by molar-refractivity contribution is 0.173. The number of hydrogen-bond donors (Lipinski definition) is 0. The van der Waals surface area contributed by atoms with Crippen LogP contribution in [-0.4, -0.2) is 33.1 Å². The fraction of sp³-hybridized carbons (Fsp3) is 0.450. The van der Waals surface area contributed by atoms with Gasteiger partial charge in [0.15, 0.2) is 17.5 Å². The highest BCUT2D eigenvalue weighted by atomic mass is 19.2. The second kappa shape index (κ2) is 7.79. The molecule has 0 N–H and O–H groups in total. The monoisotopic (exact) mass is 388 g/mol. The van der Waals surface area contributed by atoms with E-state index in [4.69, 9.17) is 8.94 Å². The third-order valence-corrected chi connectivity index (χ3v) is 5.20. The molecule has 148 valence electrons. The number of benzene rings is 1. The summed E-state index contributed by atoms with van der Waals surface area (Å²) >= 11 is 0. The summed E-state index contributed by atoms with van der Waals surface area (Å²) in [4.78, 5) is 11.0. The van der Waals surface area contributed by atoms with Crippen molar-refractivity contribution in [1.82, 2.24) is 20.0 Å². The maximum absolute atomic E-state index is 14.0. The molecule has 1 saturated heterocycles. The van der Waals surface area contributed by atoms with Gasteiger partial charge in [0, 0.05) is 19.9 Å². The van der Waals surface area contributed by atoms with Crippen molar-refractivity contribution in [3.05, 3.63) is 53.0 Å². The fourth-order valence-electron chi connectivity index (χ4n) is 3.60. The van der Waals surface area contributed by atoms with Crippen LogP contribution in [0.5, 0.6) is 0 Å². The average molecular weight is 388 g/mol. The van der Waals surface area contributed by atoms with Crippen LogP contribution in [0.4, 0.5) is 8.78 Å². The van der Waals surface area contributed by atoms with E-state index >= 15 is 0 Å². The molecule has 1 aliphatic heterocycles. The van der Waals surface area contributed by atoms with Gasteiger partial charge in [0.25, 0.3) is 0 Å². The van der Waals surface area contributed by atoms with E-state index < -0.39 is 11.6 Å². The Morgan fingerprint density at radius 2 is 1.93 bits per heavy atom. The summed E-state index contributed by atoms with van der Waals surface area (Å²) in [5, 5.41) is 3.97. The molecule has 0 bridgehead atoms. The Balaban J connectivity index is 1.38. The molecule has 1 aromatic carbocycles. The molecular weight excluding hydrogens is 366 g/mol. The van der Waals surface area contributed by atoms with Gasteiger partial charge in [-0.2, -0.15) is 4.98 Å². The number of hydrogen-bond acceptors (Lipinski definition) is 6. The number of aryl methyl sites for hydroxylation is 2. The van der Waals surface area contributed by atoms with E-state index in [0.717, 1.165) is 49.9 Å². The Bertz CT molecular complexity index is 961. The Morgan fingerprint density at radius 3 is 2.64 bits per heavy atom. The number of nitrogens with zero attached hydrogens (tertiary/aromatic N) is 4. The molecule has 6 nitrogen and oxygen atoms in total. The SMILES string of the molecule is Cc1nc(CC2CCN(Cc3nc(-c4cccc(F)c4F)oc3C)CC2)no1. The number of aromatic nitrogens is 3. The highest BCUT2D eigenvalue weighted by Gasteiger charge is 2.24. The van der Waals surface area contributed by atoms with Crippen LogP contribution in [-0.2, 0) is 13.0 Å². The van der Waals surface area contributed by atoms with Crippen molar-refractivity contribution in [2.75, 3.05) is 13.1 Å². The molecule has 0 atom stereocenters. The van der Waals surface area contributed by atoms with Crippen molar-refractivity contribution in [1.29, 1.82) is 0 Å². The lowest BCUT2D eigenvalue weighted by Crippen LogP contribution is -2.34. The predicted molar refractivity (Wildman–Crippen MR) is 97.3 cm³/mol. The average Bonchev–Trinajstić information content (AvgIpc) is 3.24. The zero-order chi connectivity index (χ0) is 19.7. The molecule has 0 saturated carbocycles. The molecule has 4 rings (SSSR count). The minimum absolute atomic E-state index is 0.0449. The van der Waals surface area contributed by atoms with E-state index in [-0.39, 0.29) is 11.5 Å². The predicted octanol–water partition coefficient (Wildman–Crippen LogP) is 4.07. The number of likely N-dealkylation sites (tertiary alicyclic amines) is 1. The summed E-state index contributed by atoms with van der Waals surface area (Å²) in [7, 11) is 0. The van der Waals surface area contributed by atoms with Crippen LogP contribution in [0.2, 0.25) is 0 Å². The van der Waals surface area contributed by atoms with Gasteiger partial charge < -0.3 is 8.94 Å². The molecule has 1 fully saturated rings. The molecule has 1 aliphatic rings. The number of rotatable bonds is 5. The fourth-order valence-corrected chi connectivity index (χ4v) is 3.60. The third-order valence-electron chi connectivity index (χ3n) is 5.20. The second-order valence-corrected chi connectivity index (χ2v) is 7.28. The first kappa shape index (κ1) is 18.7. The van der Waals surface area contributed by atoms with Gasteiger partial charge in [-0.1, -0.05) is 11.2 Å². The largest absolute Gasteiger partial charge is 0.441 e. The van der Waals surface area contributed by atoms with Gasteiger partial charge in [0.05, 0.1) is 11.3 Å². The summed E-state index contributed by atoms with van der Waals surface area (Å²) in [6, 6.07) is 4.00. The first-order chi connectivity index (χ1) is 13.5. The van der Waals surface area contributed by atoms with Gasteiger partial charge in [-0.3, -0.25) is 4.90 Å². The molecule has 3 aromatic rings. The van der Waals surface area contributed by atoms with Crippen molar-refractivity contribution in [2.24, 2.45) is 5.92 Å². The van der Waals surface area contributed by atoms with E-state index in [9.17, 15) is 8.78 Å². The quantitative estimate of drug-likeness (QED) is 0.656. The Hall–Kier alpha value is -2.61. The van der Waals surface area contributed by atoms with Crippen molar-refractivity contribution < 1.29 is 17.7 Å². The van der Waals surface area contributed by atoms with Crippen molar-refractivity contribution in [2.45, 2.75) is 39.7 Å². The molecule has 2 aromatic heterocycles. The van der Waals surface area contributed by atoms with Crippen molar-refractivity contribution in [3.8, 4) is 11.5 Å². The van der Waals surface area contributed by atoms with E-state index in [1.807, 2.05) is 0 Å². The van der Waals surface area contributed by atoms with Gasteiger partial charge in [0.1, 0.15) is 5.76 Å². The topological polar surface area (TPSA) is 68.2 Å². The second-order valence-electron chi connectivity index (χ2n) is 7.28. The van der Waals surface area contributed by atoms with E-state index in [2.05, 4.69) is 20.0 Å². The first-order valence-corrected chi connectivity index (χ1v) is 9.42. The molecule has 28 heavy (non-hydrogen) atoms. The lowest BCUT2D eigenvalue weighted by Gasteiger charge is -2.30. The van der Waals surface area contributed by atoms with Crippen LogP contribution >= 0.6 is 0 Å². The van der Waals surface area contributed by atoms with Crippen LogP contribution in [0.3, 0.4) is 0 Å². The Kier molecular flexibility index (Phi) is 5.21. The molecule has 3 heterocycles. The van der Waals surface area contributed by atoms with Gasteiger partial charge >= 0.3 is 0 Å². The molecule has 8 heteroatoms. The molecule has 0 unspecified atom stereocenters. The van der Waals surface area contributed by atoms with Gasteiger partial charge in [-0.15, -0.1) is 0 Å². The van der Waals surface area contributed by atoms with Crippen LogP contribution < -0.4 is 0 Å². The minimum atomic E-state index is -0.937. The maximum Gasteiger partial charge on any atom is 0.229 e. The zero-order valence-electron chi connectivity index (χ0n) is 15.9. The summed E-state index contributed by atoms with van der Waals surface area (Å²) in [6.07, 6.45) is 2.91. The van der Waals surface area contributed by atoms with E-state index in [1.165, 1.54) is 12.1 Å². The van der Waals surface area contributed by atoms with Crippen LogP contribution in [0.1, 0.15) is 36.0 Å². The number of piperidine rings is 1. The number of oxazole rings is 1. The first-order valence-electron chi connectivity index (χ1n) is 9.42. The van der Waals surface area contributed by atoms with Gasteiger partial charge in [-0.25, -0.2) is 13.8 Å². The molecular formula is C20H22F2N4O2. The molecule has 0 spiro atoms. The number of halogens is 2. The van der Waals surface area contributed by atoms with Gasteiger partial charge in [-0.05, 0) is 50.9 Å². The molecule has 0 radical (unpaired) electrons. The summed E-state index contributed by atoms with van der Waals surface area (Å²) in [5.41, 5.74) is 0.800. The summed E-state index contributed by atoms with van der Waals surface area (Å²) in [6.45, 7) is 6.08. The third kappa shape index (κ3) is 3.96. The van der Waals surface area contributed by atoms with Gasteiger partial charge in [0.2, 0.25) is 11.8 Å². The zero-order valence-corrected chi connectivity index (χ0v) is 15.9.